The van der Waals surface area contributed by atoms with E-state index in [-0.39, 0.29) is 24.8 Å². The van der Waals surface area contributed by atoms with Crippen LogP contribution in [0.1, 0.15) is 12.5 Å². The van der Waals surface area contributed by atoms with Crippen LogP contribution in [-0.4, -0.2) is 16.1 Å². The summed E-state index contributed by atoms with van der Waals surface area (Å²) in [6.07, 6.45) is 3.02. The smallest absolute Gasteiger partial charge is 0.328 e. The van der Waals surface area contributed by atoms with E-state index in [1.807, 2.05) is 0 Å². The van der Waals surface area contributed by atoms with Crippen LogP contribution in [0.5, 0.6) is 0 Å². The monoisotopic (exact) mass is 238 g/mol. The number of aromatic nitrogens is 1. The molecule has 0 fully saturated rings. The number of nitrogens with two attached hydrogens (primary N) is 1. The second-order valence-electron chi connectivity index (χ2n) is 2.75. The molecular formula is C8H12Cl2N2O2. The van der Waals surface area contributed by atoms with Crippen molar-refractivity contribution in [3.63, 3.8) is 0 Å². The number of pyridine rings is 1. The Kier molecular flexibility index (Phi) is 6.47. The van der Waals surface area contributed by atoms with Crippen molar-refractivity contribution in [2.24, 2.45) is 5.73 Å². The summed E-state index contributed by atoms with van der Waals surface area (Å²) in [5.74, 6) is -1.06. The van der Waals surface area contributed by atoms with Crippen LogP contribution in [0.3, 0.4) is 0 Å². The summed E-state index contributed by atoms with van der Waals surface area (Å²) in [5.41, 5.74) is 4.69. The molecule has 0 spiro atoms. The number of halogens is 2. The first-order valence-electron chi connectivity index (χ1n) is 3.48. The fraction of sp³-hybridized carbons (Fsp3) is 0.250. The van der Waals surface area contributed by atoms with Crippen LogP contribution in [0.15, 0.2) is 24.5 Å². The molecule has 1 aromatic rings. The maximum absolute atomic E-state index is 10.7. The molecule has 0 saturated heterocycles. The van der Waals surface area contributed by atoms with E-state index in [2.05, 4.69) is 4.98 Å². The highest BCUT2D eigenvalue weighted by molar-refractivity contribution is 5.85. The number of aliphatic carboxylic acids is 1. The lowest BCUT2D eigenvalue weighted by atomic mass is 9.95. The Labute approximate surface area is 94.3 Å². The minimum absolute atomic E-state index is 0. The largest absolute Gasteiger partial charge is 0.480 e. The lowest BCUT2D eigenvalue weighted by molar-refractivity contribution is -0.143. The summed E-state index contributed by atoms with van der Waals surface area (Å²) in [5, 5.41) is 8.74. The van der Waals surface area contributed by atoms with Gasteiger partial charge in [0.1, 0.15) is 5.54 Å². The number of carboxylic acids is 1. The van der Waals surface area contributed by atoms with Crippen LogP contribution in [0, 0.1) is 0 Å². The van der Waals surface area contributed by atoms with Crippen molar-refractivity contribution in [3.8, 4) is 0 Å². The summed E-state index contributed by atoms with van der Waals surface area (Å²) in [6.45, 7) is 1.44. The quantitative estimate of drug-likeness (QED) is 0.812. The van der Waals surface area contributed by atoms with Gasteiger partial charge in [-0.05, 0) is 13.0 Å². The summed E-state index contributed by atoms with van der Waals surface area (Å²) < 4.78 is 0. The first-order chi connectivity index (χ1) is 5.55. The first kappa shape index (κ1) is 15.6. The van der Waals surface area contributed by atoms with Crippen LogP contribution in [0.25, 0.3) is 0 Å². The maximum atomic E-state index is 10.7. The van der Waals surface area contributed by atoms with Gasteiger partial charge in [-0.25, -0.2) is 4.79 Å². The normalized spacial score (nSPS) is 13.0. The predicted molar refractivity (Wildman–Crippen MR) is 57.9 cm³/mol. The van der Waals surface area contributed by atoms with E-state index in [1.165, 1.54) is 13.1 Å². The summed E-state index contributed by atoms with van der Waals surface area (Å²) in [6, 6.07) is 3.30. The fourth-order valence-electron chi connectivity index (χ4n) is 0.793. The topological polar surface area (TPSA) is 76.2 Å². The average Bonchev–Trinajstić information content (AvgIpc) is 2.06. The van der Waals surface area contributed by atoms with Gasteiger partial charge in [0, 0.05) is 18.0 Å². The van der Waals surface area contributed by atoms with E-state index < -0.39 is 11.5 Å². The van der Waals surface area contributed by atoms with Crippen molar-refractivity contribution in [2.45, 2.75) is 12.5 Å². The third kappa shape index (κ3) is 3.14. The highest BCUT2D eigenvalue weighted by Crippen LogP contribution is 2.15. The van der Waals surface area contributed by atoms with E-state index >= 15 is 0 Å². The van der Waals surface area contributed by atoms with Gasteiger partial charge in [0.15, 0.2) is 0 Å². The van der Waals surface area contributed by atoms with Crippen LogP contribution in [0.4, 0.5) is 0 Å². The Morgan fingerprint density at radius 2 is 2.14 bits per heavy atom. The molecule has 1 aromatic heterocycles. The predicted octanol–water partition coefficient (Wildman–Crippen LogP) is 1.18. The molecule has 0 bridgehead atoms. The van der Waals surface area contributed by atoms with Gasteiger partial charge >= 0.3 is 5.97 Å². The minimum atomic E-state index is -1.35. The van der Waals surface area contributed by atoms with Gasteiger partial charge in [-0.2, -0.15) is 0 Å². The van der Waals surface area contributed by atoms with Crippen LogP contribution in [-0.2, 0) is 10.3 Å². The third-order valence-corrected chi connectivity index (χ3v) is 1.71. The fourth-order valence-corrected chi connectivity index (χ4v) is 0.793. The Hall–Kier alpha value is -0.840. The minimum Gasteiger partial charge on any atom is -0.480 e. The van der Waals surface area contributed by atoms with Crippen molar-refractivity contribution in [1.82, 2.24) is 4.98 Å². The highest BCUT2D eigenvalue weighted by atomic mass is 35.5. The van der Waals surface area contributed by atoms with Gasteiger partial charge in [0.05, 0.1) is 0 Å². The van der Waals surface area contributed by atoms with Crippen molar-refractivity contribution in [3.05, 3.63) is 30.1 Å². The molecule has 1 heterocycles. The van der Waals surface area contributed by atoms with E-state index in [4.69, 9.17) is 10.8 Å². The zero-order chi connectivity index (χ0) is 9.19. The molecule has 4 nitrogen and oxygen atoms in total. The second-order valence-corrected chi connectivity index (χ2v) is 2.75. The molecule has 1 rings (SSSR count). The number of hydrogen-bond donors (Lipinski definition) is 2. The van der Waals surface area contributed by atoms with E-state index in [1.54, 1.807) is 18.3 Å². The zero-order valence-corrected chi connectivity index (χ0v) is 9.14. The molecular weight excluding hydrogens is 227 g/mol. The summed E-state index contributed by atoms with van der Waals surface area (Å²) in [7, 11) is 0. The van der Waals surface area contributed by atoms with Gasteiger partial charge in [-0.3, -0.25) is 4.98 Å². The number of carboxylic acid groups (broad SMARTS) is 1. The molecule has 3 N–H and O–H groups in total. The number of nitrogens with zero attached hydrogens (tertiary/aromatic N) is 1. The van der Waals surface area contributed by atoms with Gasteiger partial charge in [-0.1, -0.05) is 6.07 Å². The second kappa shape index (κ2) is 5.80. The molecule has 0 aliphatic carbocycles. The molecule has 0 saturated carbocycles. The molecule has 0 aromatic carbocycles. The number of hydrogen-bond acceptors (Lipinski definition) is 3. The van der Waals surface area contributed by atoms with Gasteiger partial charge < -0.3 is 10.8 Å². The molecule has 0 amide bonds. The Morgan fingerprint density at radius 1 is 1.57 bits per heavy atom. The molecule has 6 heteroatoms. The lowest BCUT2D eigenvalue weighted by Crippen LogP contribution is -2.41. The highest BCUT2D eigenvalue weighted by Gasteiger charge is 2.29. The standard InChI is InChI=1S/C8H10N2O2.2ClH/c1-8(9,7(11)12)6-3-2-4-10-5-6;;/h2-5H,9H2,1H3,(H,11,12);2*1H. The van der Waals surface area contributed by atoms with Gasteiger partial charge in [0.2, 0.25) is 0 Å². The molecule has 14 heavy (non-hydrogen) atoms. The van der Waals surface area contributed by atoms with Gasteiger partial charge in [-0.15, -0.1) is 24.8 Å². The van der Waals surface area contributed by atoms with Crippen molar-refractivity contribution in [1.29, 1.82) is 0 Å². The third-order valence-electron chi connectivity index (χ3n) is 1.71. The first-order valence-corrected chi connectivity index (χ1v) is 3.48. The molecule has 1 unspecified atom stereocenters. The van der Waals surface area contributed by atoms with Crippen LogP contribution in [0.2, 0.25) is 0 Å². The maximum Gasteiger partial charge on any atom is 0.328 e. The van der Waals surface area contributed by atoms with Crippen LogP contribution < -0.4 is 5.73 Å². The van der Waals surface area contributed by atoms with Crippen molar-refractivity contribution >= 4 is 30.8 Å². The molecule has 0 aliphatic heterocycles. The number of rotatable bonds is 2. The zero-order valence-electron chi connectivity index (χ0n) is 7.51. The van der Waals surface area contributed by atoms with E-state index in [0.29, 0.717) is 5.56 Å². The SMILES string of the molecule is CC(N)(C(=O)O)c1cccnc1.Cl.Cl. The van der Waals surface area contributed by atoms with E-state index in [0.717, 1.165) is 0 Å². The van der Waals surface area contributed by atoms with Crippen LogP contribution >= 0.6 is 24.8 Å². The Balaban J connectivity index is 0. The number of carbonyl (C=O) groups is 1. The van der Waals surface area contributed by atoms with E-state index in [9.17, 15) is 4.79 Å². The lowest BCUT2D eigenvalue weighted by Gasteiger charge is -2.18. The Morgan fingerprint density at radius 3 is 2.50 bits per heavy atom. The van der Waals surface area contributed by atoms with Gasteiger partial charge in [0.25, 0.3) is 0 Å². The molecule has 80 valence electrons. The molecule has 0 radical (unpaired) electrons. The summed E-state index contributed by atoms with van der Waals surface area (Å²) in [4.78, 5) is 14.5. The Bertz CT molecular complexity index is 291. The van der Waals surface area contributed by atoms with Crippen molar-refractivity contribution in [2.75, 3.05) is 0 Å². The molecule has 1 atom stereocenters. The van der Waals surface area contributed by atoms with Crippen molar-refractivity contribution < 1.29 is 9.90 Å². The average molecular weight is 239 g/mol. The summed E-state index contributed by atoms with van der Waals surface area (Å²) >= 11 is 0. The molecule has 0 aliphatic rings.